The summed E-state index contributed by atoms with van der Waals surface area (Å²) in [5, 5.41) is 9.04. The van der Waals surface area contributed by atoms with E-state index in [1.54, 1.807) is 30.3 Å². The Bertz CT molecular complexity index is 584. The molecule has 1 aromatic carbocycles. The van der Waals surface area contributed by atoms with Crippen LogP contribution in [0.5, 0.6) is 0 Å². The Balaban J connectivity index is 0.00000242. The molecule has 1 aliphatic rings. The monoisotopic (exact) mass is 357 g/mol. The number of rotatable bonds is 5. The fraction of sp³-hybridized carbons (Fsp3) is 0.429. The van der Waals surface area contributed by atoms with Gasteiger partial charge in [-0.3, -0.25) is 9.36 Å². The van der Waals surface area contributed by atoms with E-state index in [9.17, 15) is 19.0 Å². The van der Waals surface area contributed by atoms with E-state index in [2.05, 4.69) is 0 Å². The van der Waals surface area contributed by atoms with Crippen LogP contribution in [-0.4, -0.2) is 105 Å². The first-order valence-corrected chi connectivity index (χ1v) is 8.79. The Labute approximate surface area is 179 Å². The van der Waals surface area contributed by atoms with Crippen LogP contribution in [0.4, 0.5) is 0 Å². The SMILES string of the molecule is O=C(O)[C@@H]1CCCN1C(=O)CP(=O)(O)Cc1ccccc1.[Na].[Na]. The third kappa shape index (κ3) is 7.00. The molecule has 2 rings (SSSR count). The van der Waals surface area contributed by atoms with Crippen molar-refractivity contribution in [1.29, 1.82) is 0 Å². The summed E-state index contributed by atoms with van der Waals surface area (Å²) in [5.74, 6) is -1.61. The number of carbonyl (C=O) groups is 2. The maximum Gasteiger partial charge on any atom is 0.326 e. The van der Waals surface area contributed by atoms with E-state index in [0.29, 0.717) is 24.9 Å². The molecule has 2 radical (unpaired) electrons. The van der Waals surface area contributed by atoms with Crippen molar-refractivity contribution in [2.45, 2.75) is 25.0 Å². The molecule has 0 bridgehead atoms. The molecule has 0 aliphatic carbocycles. The number of likely N-dealkylation sites (tertiary alicyclic amines) is 1. The summed E-state index contributed by atoms with van der Waals surface area (Å²) in [5.41, 5.74) is 0.687. The van der Waals surface area contributed by atoms with Gasteiger partial charge in [-0.1, -0.05) is 30.3 Å². The van der Waals surface area contributed by atoms with Crippen molar-refractivity contribution in [3.05, 3.63) is 35.9 Å². The quantitative estimate of drug-likeness (QED) is 0.600. The summed E-state index contributed by atoms with van der Waals surface area (Å²) in [6.45, 7) is 0.334. The molecule has 0 aromatic heterocycles. The Hall–Kier alpha value is 0.350. The molecule has 6 nitrogen and oxygen atoms in total. The van der Waals surface area contributed by atoms with E-state index in [0.717, 1.165) is 0 Å². The van der Waals surface area contributed by atoms with E-state index in [1.807, 2.05) is 0 Å². The zero-order valence-corrected chi connectivity index (χ0v) is 18.4. The topological polar surface area (TPSA) is 94.9 Å². The molecule has 1 aliphatic heterocycles. The second-order valence-corrected chi connectivity index (χ2v) is 7.56. The molecule has 0 saturated carbocycles. The maximum atomic E-state index is 12.2. The number of carbonyl (C=O) groups excluding carboxylic acids is 1. The van der Waals surface area contributed by atoms with Gasteiger partial charge >= 0.3 is 5.97 Å². The Kier molecular flexibility index (Phi) is 10.5. The van der Waals surface area contributed by atoms with Crippen LogP contribution >= 0.6 is 7.37 Å². The number of hydrogen-bond donors (Lipinski definition) is 2. The third-order valence-electron chi connectivity index (χ3n) is 3.51. The van der Waals surface area contributed by atoms with Crippen LogP contribution in [0.15, 0.2) is 30.3 Å². The predicted molar refractivity (Wildman–Crippen MR) is 88.7 cm³/mol. The van der Waals surface area contributed by atoms with Crippen molar-refractivity contribution in [2.24, 2.45) is 0 Å². The first kappa shape index (κ1) is 23.4. The summed E-state index contributed by atoms with van der Waals surface area (Å²) in [6, 6.07) is 7.91. The van der Waals surface area contributed by atoms with E-state index >= 15 is 0 Å². The van der Waals surface area contributed by atoms with Gasteiger partial charge in [0.05, 0.1) is 6.16 Å². The fourth-order valence-electron chi connectivity index (χ4n) is 2.55. The summed E-state index contributed by atoms with van der Waals surface area (Å²) in [4.78, 5) is 34.3. The zero-order valence-electron chi connectivity index (χ0n) is 13.5. The first-order valence-electron chi connectivity index (χ1n) is 6.76. The molecule has 1 unspecified atom stereocenters. The Morgan fingerprint density at radius 1 is 1.22 bits per heavy atom. The second-order valence-electron chi connectivity index (χ2n) is 5.23. The van der Waals surface area contributed by atoms with Gasteiger partial charge in [0.2, 0.25) is 13.3 Å². The predicted octanol–water partition coefficient (Wildman–Crippen LogP) is 0.771. The molecule has 1 saturated heterocycles. The van der Waals surface area contributed by atoms with Gasteiger partial charge in [0.1, 0.15) is 12.2 Å². The van der Waals surface area contributed by atoms with Crippen LogP contribution in [0.2, 0.25) is 0 Å². The normalized spacial score (nSPS) is 19.2. The summed E-state index contributed by atoms with van der Waals surface area (Å²) in [7, 11) is -3.66. The van der Waals surface area contributed by atoms with Gasteiger partial charge in [0.25, 0.3) is 0 Å². The molecule has 1 heterocycles. The molecule has 9 heteroatoms. The molecule has 2 N–H and O–H groups in total. The van der Waals surface area contributed by atoms with Crippen molar-refractivity contribution in [3.8, 4) is 0 Å². The number of hydrogen-bond acceptors (Lipinski definition) is 3. The van der Waals surface area contributed by atoms with Gasteiger partial charge in [0.15, 0.2) is 0 Å². The number of amides is 1. The molecular formula is C14H18NNa2O5P. The number of aliphatic carboxylic acids is 1. The number of nitrogens with zero attached hydrogens (tertiary/aromatic N) is 1. The smallest absolute Gasteiger partial charge is 0.326 e. The summed E-state index contributed by atoms with van der Waals surface area (Å²) >= 11 is 0. The van der Waals surface area contributed by atoms with E-state index in [4.69, 9.17) is 5.11 Å². The van der Waals surface area contributed by atoms with Crippen LogP contribution in [-0.2, 0) is 20.3 Å². The van der Waals surface area contributed by atoms with Gasteiger partial charge in [0, 0.05) is 65.7 Å². The third-order valence-corrected chi connectivity index (χ3v) is 5.14. The Morgan fingerprint density at radius 3 is 2.39 bits per heavy atom. The minimum atomic E-state index is -3.66. The standard InChI is InChI=1S/C14H18NO5P.2Na/c16-13(15-8-4-7-12(15)14(17)18)10-21(19,20)9-11-5-2-1-3-6-11;;/h1-3,5-6,12H,4,7-10H2,(H,17,18)(H,19,20);;/t12-;;/m0../s1. The van der Waals surface area contributed by atoms with Crippen molar-refractivity contribution in [2.75, 3.05) is 12.7 Å². The minimum absolute atomic E-state index is 0. The number of benzene rings is 1. The van der Waals surface area contributed by atoms with Gasteiger partial charge in [-0.05, 0) is 18.4 Å². The number of carboxylic acids is 1. The van der Waals surface area contributed by atoms with Gasteiger partial charge in [-0.25, -0.2) is 4.79 Å². The second kappa shape index (κ2) is 10.4. The number of carboxylic acid groups (broad SMARTS) is 1. The molecule has 0 spiro atoms. The van der Waals surface area contributed by atoms with Crippen LogP contribution in [0, 0.1) is 0 Å². The molecule has 1 fully saturated rings. The molecule has 23 heavy (non-hydrogen) atoms. The maximum absolute atomic E-state index is 12.2. The molecular weight excluding hydrogens is 339 g/mol. The average molecular weight is 357 g/mol. The Morgan fingerprint density at radius 2 is 1.83 bits per heavy atom. The van der Waals surface area contributed by atoms with E-state index < -0.39 is 31.4 Å². The largest absolute Gasteiger partial charge is 0.480 e. The van der Waals surface area contributed by atoms with Gasteiger partial charge in [-0.2, -0.15) is 0 Å². The first-order chi connectivity index (χ1) is 9.89. The van der Waals surface area contributed by atoms with E-state index in [1.165, 1.54) is 4.90 Å². The van der Waals surface area contributed by atoms with Crippen LogP contribution in [0.3, 0.4) is 0 Å². The van der Waals surface area contributed by atoms with Crippen LogP contribution in [0.25, 0.3) is 0 Å². The van der Waals surface area contributed by atoms with Gasteiger partial charge in [-0.15, -0.1) is 0 Å². The van der Waals surface area contributed by atoms with Crippen LogP contribution < -0.4 is 0 Å². The average Bonchev–Trinajstić information content (AvgIpc) is 2.88. The van der Waals surface area contributed by atoms with Crippen molar-refractivity contribution < 1.29 is 24.2 Å². The van der Waals surface area contributed by atoms with E-state index in [-0.39, 0.29) is 65.3 Å². The molecule has 2 atom stereocenters. The summed E-state index contributed by atoms with van der Waals surface area (Å²) < 4.78 is 12.2. The van der Waals surface area contributed by atoms with Crippen molar-refractivity contribution in [3.63, 3.8) is 0 Å². The molecule has 1 aromatic rings. The van der Waals surface area contributed by atoms with Crippen molar-refractivity contribution in [1.82, 2.24) is 4.90 Å². The minimum Gasteiger partial charge on any atom is -0.480 e. The molecule has 1 amide bonds. The van der Waals surface area contributed by atoms with Crippen LogP contribution in [0.1, 0.15) is 18.4 Å². The molecule has 116 valence electrons. The fourth-order valence-corrected chi connectivity index (χ4v) is 4.05. The summed E-state index contributed by atoms with van der Waals surface area (Å²) in [6.07, 6.45) is 0.420. The van der Waals surface area contributed by atoms with Gasteiger partial charge < -0.3 is 14.9 Å². The van der Waals surface area contributed by atoms with Crippen molar-refractivity contribution >= 4 is 78.4 Å². The zero-order chi connectivity index (χ0) is 15.5.